The standard InChI is InChI=1S/C17H17NO6/c1-11(7-12-3-5-13(6-4-12)18(21)22)16(19)9-15-8-14(23-2)10-17(20)24-15/h3-8,10,16,19H,9H2,1-2H3/b11-7+. The first-order chi connectivity index (χ1) is 11.4. The van der Waals surface area contributed by atoms with Gasteiger partial charge in [-0.15, -0.1) is 0 Å². The van der Waals surface area contributed by atoms with E-state index < -0.39 is 16.7 Å². The Morgan fingerprint density at radius 1 is 1.38 bits per heavy atom. The third-order valence-electron chi connectivity index (χ3n) is 3.45. The maximum Gasteiger partial charge on any atom is 0.339 e. The van der Waals surface area contributed by atoms with Crippen molar-refractivity contribution >= 4 is 11.8 Å². The maximum absolute atomic E-state index is 11.4. The van der Waals surface area contributed by atoms with Crippen molar-refractivity contribution in [2.24, 2.45) is 0 Å². The van der Waals surface area contributed by atoms with Gasteiger partial charge in [-0.3, -0.25) is 10.1 Å². The molecule has 1 aromatic heterocycles. The Morgan fingerprint density at radius 2 is 2.04 bits per heavy atom. The van der Waals surface area contributed by atoms with Gasteiger partial charge in [0.2, 0.25) is 0 Å². The highest BCUT2D eigenvalue weighted by Gasteiger charge is 2.12. The second-order valence-corrected chi connectivity index (χ2v) is 5.24. The van der Waals surface area contributed by atoms with Crippen LogP contribution in [0, 0.1) is 10.1 Å². The average molecular weight is 331 g/mol. The topological polar surface area (TPSA) is 103 Å². The highest BCUT2D eigenvalue weighted by atomic mass is 16.6. The van der Waals surface area contributed by atoms with Gasteiger partial charge in [0.25, 0.3) is 5.69 Å². The molecule has 126 valence electrons. The van der Waals surface area contributed by atoms with Crippen LogP contribution in [0.5, 0.6) is 5.75 Å². The molecule has 0 aliphatic carbocycles. The Bertz CT molecular complexity index is 807. The molecule has 0 spiro atoms. The van der Waals surface area contributed by atoms with Crippen molar-refractivity contribution in [1.82, 2.24) is 0 Å². The summed E-state index contributed by atoms with van der Waals surface area (Å²) < 4.78 is 10.0. The van der Waals surface area contributed by atoms with Gasteiger partial charge in [-0.2, -0.15) is 0 Å². The third-order valence-corrected chi connectivity index (χ3v) is 3.45. The van der Waals surface area contributed by atoms with Crippen LogP contribution in [0.3, 0.4) is 0 Å². The van der Waals surface area contributed by atoms with Crippen LogP contribution in [0.25, 0.3) is 6.08 Å². The van der Waals surface area contributed by atoms with Crippen LogP contribution in [-0.4, -0.2) is 23.2 Å². The first kappa shape index (κ1) is 17.4. The Hall–Kier alpha value is -2.93. The summed E-state index contributed by atoms with van der Waals surface area (Å²) in [6, 6.07) is 8.75. The molecule has 1 unspecified atom stereocenters. The van der Waals surface area contributed by atoms with E-state index in [9.17, 15) is 20.0 Å². The van der Waals surface area contributed by atoms with E-state index in [0.29, 0.717) is 17.1 Å². The fourth-order valence-corrected chi connectivity index (χ4v) is 2.13. The van der Waals surface area contributed by atoms with Gasteiger partial charge in [-0.25, -0.2) is 4.79 Å². The SMILES string of the molecule is COc1cc(CC(O)/C(C)=C/c2ccc([N+](=O)[O-])cc2)oc(=O)c1. The summed E-state index contributed by atoms with van der Waals surface area (Å²) in [6.45, 7) is 1.73. The number of hydrogen-bond donors (Lipinski definition) is 1. The van der Waals surface area contributed by atoms with E-state index in [1.807, 2.05) is 0 Å². The lowest BCUT2D eigenvalue weighted by atomic mass is 10.0. The molecule has 1 heterocycles. The Kier molecular flexibility index (Phi) is 5.49. The molecule has 0 fully saturated rings. The molecule has 0 saturated carbocycles. The van der Waals surface area contributed by atoms with Crippen molar-refractivity contribution < 1.29 is 19.2 Å². The van der Waals surface area contributed by atoms with E-state index in [-0.39, 0.29) is 12.1 Å². The van der Waals surface area contributed by atoms with Crippen LogP contribution < -0.4 is 10.4 Å². The summed E-state index contributed by atoms with van der Waals surface area (Å²) in [6.07, 6.45) is 0.962. The summed E-state index contributed by atoms with van der Waals surface area (Å²) in [4.78, 5) is 21.6. The number of non-ortho nitro benzene ring substituents is 1. The highest BCUT2D eigenvalue weighted by molar-refractivity contribution is 5.55. The highest BCUT2D eigenvalue weighted by Crippen LogP contribution is 2.18. The van der Waals surface area contributed by atoms with Gasteiger partial charge in [-0.05, 0) is 30.2 Å². The van der Waals surface area contributed by atoms with Crippen LogP contribution >= 0.6 is 0 Å². The summed E-state index contributed by atoms with van der Waals surface area (Å²) >= 11 is 0. The minimum Gasteiger partial charge on any atom is -0.496 e. The zero-order valence-corrected chi connectivity index (χ0v) is 13.3. The van der Waals surface area contributed by atoms with E-state index in [4.69, 9.17) is 9.15 Å². The molecular formula is C17H17NO6. The summed E-state index contributed by atoms with van der Waals surface area (Å²) in [7, 11) is 1.44. The van der Waals surface area contributed by atoms with Crippen LogP contribution in [0.4, 0.5) is 5.69 Å². The zero-order chi connectivity index (χ0) is 17.7. The molecule has 1 atom stereocenters. The number of nitro benzene ring substituents is 1. The van der Waals surface area contributed by atoms with Gasteiger partial charge >= 0.3 is 5.63 Å². The minimum atomic E-state index is -0.865. The summed E-state index contributed by atoms with van der Waals surface area (Å²) in [5.74, 6) is 0.675. The molecule has 0 radical (unpaired) electrons. The van der Waals surface area contributed by atoms with Gasteiger partial charge in [0.05, 0.1) is 24.2 Å². The number of rotatable bonds is 6. The predicted octanol–water partition coefficient (Wildman–Crippen LogP) is 2.56. The zero-order valence-electron chi connectivity index (χ0n) is 13.3. The molecule has 0 amide bonds. The number of nitrogens with zero attached hydrogens (tertiary/aromatic N) is 1. The lowest BCUT2D eigenvalue weighted by Crippen LogP contribution is -2.13. The molecule has 1 N–H and O–H groups in total. The van der Waals surface area contributed by atoms with Crippen LogP contribution in [0.1, 0.15) is 18.2 Å². The van der Waals surface area contributed by atoms with E-state index in [0.717, 1.165) is 5.56 Å². The van der Waals surface area contributed by atoms with Crippen molar-refractivity contribution in [2.45, 2.75) is 19.4 Å². The minimum absolute atomic E-state index is 0.00325. The van der Waals surface area contributed by atoms with E-state index >= 15 is 0 Å². The molecule has 0 bridgehead atoms. The van der Waals surface area contributed by atoms with Gasteiger partial charge in [-0.1, -0.05) is 6.08 Å². The van der Waals surface area contributed by atoms with Crippen LogP contribution in [-0.2, 0) is 6.42 Å². The Morgan fingerprint density at radius 3 is 2.62 bits per heavy atom. The van der Waals surface area contributed by atoms with Gasteiger partial charge in [0, 0.05) is 24.6 Å². The van der Waals surface area contributed by atoms with Crippen molar-refractivity contribution in [1.29, 1.82) is 0 Å². The lowest BCUT2D eigenvalue weighted by Gasteiger charge is -2.11. The van der Waals surface area contributed by atoms with Crippen molar-refractivity contribution in [2.75, 3.05) is 7.11 Å². The molecule has 0 aliphatic rings. The summed E-state index contributed by atoms with van der Waals surface area (Å²) in [5.41, 5.74) is 0.815. The average Bonchev–Trinajstić information content (AvgIpc) is 2.54. The number of aliphatic hydroxyl groups is 1. The third kappa shape index (κ3) is 4.53. The molecule has 0 aliphatic heterocycles. The van der Waals surface area contributed by atoms with Crippen molar-refractivity contribution in [3.63, 3.8) is 0 Å². The number of aliphatic hydroxyl groups excluding tert-OH is 1. The predicted molar refractivity (Wildman–Crippen MR) is 88.0 cm³/mol. The molecule has 2 rings (SSSR count). The smallest absolute Gasteiger partial charge is 0.339 e. The largest absolute Gasteiger partial charge is 0.496 e. The number of hydrogen-bond acceptors (Lipinski definition) is 6. The van der Waals surface area contributed by atoms with Crippen molar-refractivity contribution in [3.8, 4) is 5.75 Å². The normalized spacial score (nSPS) is 12.7. The molecule has 7 nitrogen and oxygen atoms in total. The molecular weight excluding hydrogens is 314 g/mol. The maximum atomic E-state index is 11.4. The molecule has 1 aromatic carbocycles. The molecule has 24 heavy (non-hydrogen) atoms. The van der Waals surface area contributed by atoms with Crippen LogP contribution in [0.2, 0.25) is 0 Å². The molecule has 2 aromatic rings. The number of methoxy groups -OCH3 is 1. The first-order valence-corrected chi connectivity index (χ1v) is 7.18. The van der Waals surface area contributed by atoms with Crippen molar-refractivity contribution in [3.05, 3.63) is 73.8 Å². The Balaban J connectivity index is 2.13. The second-order valence-electron chi connectivity index (χ2n) is 5.24. The van der Waals surface area contributed by atoms with E-state index in [1.54, 1.807) is 31.2 Å². The van der Waals surface area contributed by atoms with Crippen LogP contribution in [0.15, 0.2) is 51.2 Å². The second kappa shape index (κ2) is 7.56. The fourth-order valence-electron chi connectivity index (χ4n) is 2.13. The fraction of sp³-hybridized carbons (Fsp3) is 0.235. The van der Waals surface area contributed by atoms with Gasteiger partial charge in [0.15, 0.2) is 0 Å². The van der Waals surface area contributed by atoms with Gasteiger partial charge < -0.3 is 14.3 Å². The summed E-state index contributed by atoms with van der Waals surface area (Å²) in [5, 5.41) is 20.9. The molecule has 7 heteroatoms. The van der Waals surface area contributed by atoms with E-state index in [2.05, 4.69) is 0 Å². The number of benzene rings is 1. The number of ether oxygens (including phenoxy) is 1. The quantitative estimate of drug-likeness (QED) is 0.644. The Labute approximate surface area is 138 Å². The number of nitro groups is 1. The van der Waals surface area contributed by atoms with Gasteiger partial charge in [0.1, 0.15) is 11.5 Å². The molecule has 0 saturated heterocycles. The monoisotopic (exact) mass is 331 g/mol. The van der Waals surface area contributed by atoms with E-state index in [1.165, 1.54) is 25.3 Å². The first-order valence-electron chi connectivity index (χ1n) is 7.18. The lowest BCUT2D eigenvalue weighted by molar-refractivity contribution is -0.384.